The third-order valence-electron chi connectivity index (χ3n) is 4.95. The number of rotatable bonds is 8. The van der Waals surface area contributed by atoms with Gasteiger partial charge in [0.1, 0.15) is 0 Å². The Balaban J connectivity index is 0.00000576. The summed E-state index contributed by atoms with van der Waals surface area (Å²) < 4.78 is 0. The summed E-state index contributed by atoms with van der Waals surface area (Å²) >= 11 is 0. The number of para-hydroxylation sites is 1. The Kier molecular flexibility index (Phi) is 9.75. The van der Waals surface area contributed by atoms with Crippen LogP contribution < -0.4 is 11.1 Å². The molecule has 1 aromatic rings. The summed E-state index contributed by atoms with van der Waals surface area (Å²) in [5, 5.41) is 2.94. The fraction of sp³-hybridized carbons (Fsp3) is 0.579. The molecule has 0 aliphatic heterocycles. The number of hydrogen-bond acceptors (Lipinski definition) is 3. The second-order valence-electron chi connectivity index (χ2n) is 6.33. The molecule has 0 heterocycles. The lowest BCUT2D eigenvalue weighted by Gasteiger charge is -2.34. The molecule has 0 aliphatic carbocycles. The van der Waals surface area contributed by atoms with E-state index in [-0.39, 0.29) is 30.8 Å². The van der Waals surface area contributed by atoms with Crippen molar-refractivity contribution in [1.29, 1.82) is 0 Å². The van der Waals surface area contributed by atoms with Crippen LogP contribution in [-0.2, 0) is 9.59 Å². The van der Waals surface area contributed by atoms with Gasteiger partial charge in [-0.15, -0.1) is 12.4 Å². The first-order chi connectivity index (χ1) is 11.3. The third kappa shape index (κ3) is 5.44. The maximum absolute atomic E-state index is 12.9. The van der Waals surface area contributed by atoms with Crippen molar-refractivity contribution in [3.63, 3.8) is 0 Å². The molecule has 0 aliphatic rings. The quantitative estimate of drug-likeness (QED) is 0.738. The highest BCUT2D eigenvalue weighted by molar-refractivity contribution is 5.96. The number of nitrogens with zero attached hydrogens (tertiary/aromatic N) is 1. The molecule has 6 heteroatoms. The summed E-state index contributed by atoms with van der Waals surface area (Å²) in [7, 11) is 0. The first-order valence-corrected chi connectivity index (χ1v) is 8.70. The lowest BCUT2D eigenvalue weighted by molar-refractivity contribution is -0.144. The Bertz CT molecular complexity index is 558. The number of nitrogens with two attached hydrogens (primary N) is 1. The highest BCUT2D eigenvalue weighted by atomic mass is 35.5. The van der Waals surface area contributed by atoms with E-state index in [9.17, 15) is 9.59 Å². The van der Waals surface area contributed by atoms with Crippen molar-refractivity contribution in [3.05, 3.63) is 29.3 Å². The zero-order valence-corrected chi connectivity index (χ0v) is 16.8. The zero-order chi connectivity index (χ0) is 18.3. The van der Waals surface area contributed by atoms with Crippen molar-refractivity contribution in [3.8, 4) is 0 Å². The number of benzene rings is 1. The van der Waals surface area contributed by atoms with Crippen LogP contribution in [0.15, 0.2) is 18.2 Å². The number of anilines is 1. The number of carbonyl (C=O) groups excluding carboxylic acids is 2. The van der Waals surface area contributed by atoms with Crippen LogP contribution in [0.1, 0.15) is 44.7 Å². The fourth-order valence-electron chi connectivity index (χ4n) is 2.95. The molecule has 142 valence electrons. The maximum Gasteiger partial charge on any atom is 0.244 e. The topological polar surface area (TPSA) is 75.4 Å². The van der Waals surface area contributed by atoms with Gasteiger partial charge in [-0.05, 0) is 44.7 Å². The van der Waals surface area contributed by atoms with Crippen LogP contribution >= 0.6 is 12.4 Å². The number of likely N-dealkylation sites (N-methyl/N-ethyl adjacent to an activating group) is 1. The van der Waals surface area contributed by atoms with Crippen LogP contribution in [0.25, 0.3) is 0 Å². The van der Waals surface area contributed by atoms with Gasteiger partial charge in [0.25, 0.3) is 0 Å². The zero-order valence-electron chi connectivity index (χ0n) is 16.0. The van der Waals surface area contributed by atoms with E-state index in [2.05, 4.69) is 5.32 Å². The summed E-state index contributed by atoms with van der Waals surface area (Å²) in [4.78, 5) is 26.9. The maximum atomic E-state index is 12.9. The second kappa shape index (κ2) is 10.4. The minimum Gasteiger partial charge on any atom is -0.333 e. The first-order valence-electron chi connectivity index (χ1n) is 8.70. The van der Waals surface area contributed by atoms with Gasteiger partial charge in [0.15, 0.2) is 0 Å². The Hall–Kier alpha value is -1.59. The van der Waals surface area contributed by atoms with Gasteiger partial charge in [-0.2, -0.15) is 0 Å². The summed E-state index contributed by atoms with van der Waals surface area (Å²) in [6.07, 6.45) is 1.35. The van der Waals surface area contributed by atoms with Gasteiger partial charge >= 0.3 is 0 Å². The molecular weight excluding hydrogens is 338 g/mol. The van der Waals surface area contributed by atoms with Crippen LogP contribution in [0.2, 0.25) is 0 Å². The average Bonchev–Trinajstić information content (AvgIpc) is 2.58. The van der Waals surface area contributed by atoms with E-state index in [0.717, 1.165) is 16.8 Å². The third-order valence-corrected chi connectivity index (χ3v) is 4.95. The van der Waals surface area contributed by atoms with Gasteiger partial charge < -0.3 is 16.0 Å². The van der Waals surface area contributed by atoms with Gasteiger partial charge in [-0.3, -0.25) is 9.59 Å². The largest absolute Gasteiger partial charge is 0.333 e. The number of hydrogen-bond donors (Lipinski definition) is 2. The molecule has 0 spiro atoms. The molecule has 0 radical (unpaired) electrons. The predicted octanol–water partition coefficient (Wildman–Crippen LogP) is 3.28. The highest BCUT2D eigenvalue weighted by Crippen LogP contribution is 2.28. The Morgan fingerprint density at radius 1 is 1.12 bits per heavy atom. The van der Waals surface area contributed by atoms with Gasteiger partial charge in [-0.25, -0.2) is 0 Å². The van der Waals surface area contributed by atoms with E-state index in [1.165, 1.54) is 0 Å². The molecule has 25 heavy (non-hydrogen) atoms. The molecule has 1 rings (SSSR count). The molecule has 0 unspecified atom stereocenters. The number of halogens is 1. The molecule has 0 fully saturated rings. The average molecular weight is 370 g/mol. The molecule has 5 nitrogen and oxygen atoms in total. The predicted molar refractivity (Wildman–Crippen MR) is 106 cm³/mol. The van der Waals surface area contributed by atoms with Crippen molar-refractivity contribution in [1.82, 2.24) is 4.90 Å². The van der Waals surface area contributed by atoms with Crippen molar-refractivity contribution < 1.29 is 9.59 Å². The molecule has 0 saturated heterocycles. The Morgan fingerprint density at radius 2 is 1.64 bits per heavy atom. The summed E-state index contributed by atoms with van der Waals surface area (Å²) in [6.45, 7) is 10.6. The molecule has 0 saturated carbocycles. The molecule has 0 atom stereocenters. The Morgan fingerprint density at radius 3 is 2.04 bits per heavy atom. The molecule has 2 amide bonds. The van der Waals surface area contributed by atoms with E-state index in [0.29, 0.717) is 25.9 Å². The number of nitrogens with one attached hydrogen (secondary N) is 1. The monoisotopic (exact) mass is 369 g/mol. The molecule has 0 bridgehead atoms. The lowest BCUT2D eigenvalue weighted by Crippen LogP contribution is -2.49. The summed E-state index contributed by atoms with van der Waals surface area (Å²) in [6, 6.07) is 5.87. The van der Waals surface area contributed by atoms with E-state index < -0.39 is 5.41 Å². The van der Waals surface area contributed by atoms with Crippen molar-refractivity contribution >= 4 is 29.9 Å². The SMILES string of the molecule is CCN(CC(=O)Nc1c(C)cccc1C)C(=O)C(CC)(CC)CN.Cl. The van der Waals surface area contributed by atoms with Crippen molar-refractivity contribution in [2.45, 2.75) is 47.5 Å². The highest BCUT2D eigenvalue weighted by Gasteiger charge is 2.36. The Labute approximate surface area is 157 Å². The van der Waals surface area contributed by atoms with Crippen LogP contribution in [0.3, 0.4) is 0 Å². The number of carbonyl (C=O) groups is 2. The second-order valence-corrected chi connectivity index (χ2v) is 6.33. The van der Waals surface area contributed by atoms with Crippen molar-refractivity contribution in [2.24, 2.45) is 11.1 Å². The summed E-state index contributed by atoms with van der Waals surface area (Å²) in [5.74, 6) is -0.213. The first kappa shape index (κ1) is 23.4. The van der Waals surface area contributed by atoms with Gasteiger partial charge in [-0.1, -0.05) is 32.0 Å². The molecular formula is C19H32ClN3O2. The molecule has 0 aromatic heterocycles. The summed E-state index contributed by atoms with van der Waals surface area (Å²) in [5.41, 5.74) is 8.14. The van der Waals surface area contributed by atoms with E-state index in [1.54, 1.807) is 4.90 Å². The van der Waals surface area contributed by atoms with Crippen LogP contribution in [0, 0.1) is 19.3 Å². The number of aryl methyl sites for hydroxylation is 2. The smallest absolute Gasteiger partial charge is 0.244 e. The van der Waals surface area contributed by atoms with E-state index in [4.69, 9.17) is 5.73 Å². The van der Waals surface area contributed by atoms with Gasteiger partial charge in [0.2, 0.25) is 11.8 Å². The fourth-order valence-corrected chi connectivity index (χ4v) is 2.95. The van der Waals surface area contributed by atoms with E-state index >= 15 is 0 Å². The standard InChI is InChI=1S/C19H31N3O2.ClH/c1-6-19(7-2,13-20)18(24)22(8-3)12-16(23)21-17-14(4)10-9-11-15(17)5;/h9-11H,6-8,12-13,20H2,1-5H3,(H,21,23);1H. The van der Waals surface area contributed by atoms with E-state index in [1.807, 2.05) is 52.8 Å². The molecule has 3 N–H and O–H groups in total. The van der Waals surface area contributed by atoms with Crippen molar-refractivity contribution in [2.75, 3.05) is 25.0 Å². The number of amides is 2. The van der Waals surface area contributed by atoms with Gasteiger partial charge in [0, 0.05) is 18.8 Å². The lowest BCUT2D eigenvalue weighted by atomic mass is 9.81. The van der Waals surface area contributed by atoms with Crippen LogP contribution in [0.4, 0.5) is 5.69 Å². The normalized spacial score (nSPS) is 10.8. The van der Waals surface area contributed by atoms with Crippen LogP contribution in [-0.4, -0.2) is 36.3 Å². The minimum absolute atomic E-state index is 0. The van der Waals surface area contributed by atoms with Gasteiger partial charge in [0.05, 0.1) is 12.0 Å². The minimum atomic E-state index is -0.575. The van der Waals surface area contributed by atoms with Crippen LogP contribution in [0.5, 0.6) is 0 Å². The molecule has 1 aromatic carbocycles.